The van der Waals surface area contributed by atoms with Gasteiger partial charge >= 0.3 is 0 Å². The van der Waals surface area contributed by atoms with Gasteiger partial charge in [-0.1, -0.05) is 254 Å². The Morgan fingerprint density at radius 1 is 0.291 bits per heavy atom. The number of rotatable bonds is 7. The first-order valence-electron chi connectivity index (χ1n) is 45.7. The summed E-state index contributed by atoms with van der Waals surface area (Å²) in [4.78, 5) is 2.17. The molecule has 0 bridgehead atoms. The van der Waals surface area contributed by atoms with Crippen molar-refractivity contribution in [2.45, 2.75) is 0 Å². The number of para-hydroxylation sites is 7. The molecule has 0 unspecified atom stereocenters. The highest BCUT2D eigenvalue weighted by Crippen LogP contribution is 2.51. The minimum Gasteiger partial charge on any atom is -0.355 e. The van der Waals surface area contributed by atoms with Crippen molar-refractivity contribution in [1.82, 2.24) is 18.1 Å². The van der Waals surface area contributed by atoms with E-state index in [0.717, 1.165) is 71.3 Å². The molecule has 0 amide bonds. The quantitative estimate of drug-likeness (QED) is 0.161. The fourth-order valence-corrected chi connectivity index (χ4v) is 17.0. The van der Waals surface area contributed by atoms with Crippen LogP contribution in [0.3, 0.4) is 0 Å². The maximum atomic E-state index is 9.99. The number of aromatic nitrogens is 4. The zero-order valence-corrected chi connectivity index (χ0v) is 53.9. The highest BCUT2D eigenvalue weighted by Gasteiger charge is 2.45. The van der Waals surface area contributed by atoms with Crippen molar-refractivity contribution >= 4 is 177 Å². The van der Waals surface area contributed by atoms with Crippen LogP contribution < -0.4 is 26.6 Å². The molecule has 0 spiro atoms. The van der Waals surface area contributed by atoms with Crippen molar-refractivity contribution in [2.24, 2.45) is 0 Å². The molecular weight excluding hydrogens is 1250 g/mol. The Bertz CT molecular complexity index is 8670. The molecule has 2 aliphatic heterocycles. The van der Waals surface area contributed by atoms with Crippen LogP contribution in [0.15, 0.2) is 351 Å². The molecule has 0 saturated heterocycles. The zero-order chi connectivity index (χ0) is 88.0. The summed E-state index contributed by atoms with van der Waals surface area (Å²) in [5, 5.41) is 10.6. The predicted octanol–water partition coefficient (Wildman–Crippen LogP) is 23.2. The second-order valence-corrected chi connectivity index (χ2v) is 26.1. The number of fused-ring (bicyclic) bond motifs is 24. The Morgan fingerprint density at radius 2 is 0.864 bits per heavy atom. The van der Waals surface area contributed by atoms with Gasteiger partial charge in [-0.3, -0.25) is 0 Å². The van der Waals surface area contributed by atoms with Crippen LogP contribution in [0.25, 0.3) is 164 Å². The monoisotopic (exact) mass is 1330 g/mol. The Balaban J connectivity index is 0.946. The molecule has 1 N–H and O–H groups in total. The van der Waals surface area contributed by atoms with E-state index in [9.17, 15) is 20.6 Å². The van der Waals surface area contributed by atoms with Crippen molar-refractivity contribution in [1.29, 1.82) is 0 Å². The van der Waals surface area contributed by atoms with Gasteiger partial charge in [0.15, 0.2) is 0 Å². The summed E-state index contributed by atoms with van der Waals surface area (Å²) in [5.74, 6) is 0. The largest absolute Gasteiger partial charge is 0.355 e. The van der Waals surface area contributed by atoms with Gasteiger partial charge < -0.3 is 28.3 Å². The van der Waals surface area contributed by atoms with E-state index >= 15 is 0 Å². The van der Waals surface area contributed by atoms with Gasteiger partial charge in [0.05, 0.1) is 82.7 Å². The van der Waals surface area contributed by atoms with Crippen molar-refractivity contribution in [2.75, 3.05) is 10.2 Å². The number of hydrogen-bond acceptors (Lipinski definition) is 2. The molecular formula is C96H59BN6. The summed E-state index contributed by atoms with van der Waals surface area (Å²) in [6.45, 7) is -1.01. The molecule has 23 rings (SSSR count). The van der Waals surface area contributed by atoms with E-state index in [1.807, 2.05) is 121 Å². The smallest absolute Gasteiger partial charge is 0.252 e. The van der Waals surface area contributed by atoms with Crippen molar-refractivity contribution < 1.29 is 32.9 Å². The van der Waals surface area contributed by atoms with Gasteiger partial charge in [0, 0.05) is 105 Å². The zero-order valence-electron chi connectivity index (χ0n) is 77.9. The van der Waals surface area contributed by atoms with E-state index in [1.165, 1.54) is 9.13 Å². The Morgan fingerprint density at radius 3 is 1.57 bits per heavy atom. The number of benzene rings is 16. The van der Waals surface area contributed by atoms with Crippen LogP contribution in [0.2, 0.25) is 0 Å². The molecule has 103 heavy (non-hydrogen) atoms. The second kappa shape index (κ2) is 21.4. The molecule has 0 aliphatic carbocycles. The fourth-order valence-electron chi connectivity index (χ4n) is 17.0. The molecule has 5 aromatic heterocycles. The van der Waals surface area contributed by atoms with Crippen LogP contribution in [-0.2, 0) is 0 Å². The molecule has 0 atom stereocenters. The Kier molecular flexibility index (Phi) is 7.93. The van der Waals surface area contributed by atoms with Gasteiger partial charge in [-0.15, -0.1) is 0 Å². The number of nitrogens with zero attached hydrogens (tertiary/aromatic N) is 5. The van der Waals surface area contributed by atoms with Gasteiger partial charge in [-0.25, -0.2) is 0 Å². The highest BCUT2D eigenvalue weighted by molar-refractivity contribution is 7.00. The maximum absolute atomic E-state index is 9.99. The van der Waals surface area contributed by atoms with Gasteiger partial charge in [0.25, 0.3) is 6.71 Å². The lowest BCUT2D eigenvalue weighted by atomic mass is 9.33. The first-order valence-corrected chi connectivity index (χ1v) is 33.7. The summed E-state index contributed by atoms with van der Waals surface area (Å²) < 4.78 is 232. The summed E-state index contributed by atoms with van der Waals surface area (Å²) >= 11 is 0. The molecule has 21 aromatic rings. The van der Waals surface area contributed by atoms with Gasteiger partial charge in [0.1, 0.15) is 0 Å². The van der Waals surface area contributed by atoms with Crippen LogP contribution in [0.5, 0.6) is 0 Å². The molecule has 0 radical (unpaired) electrons. The molecule has 16 aromatic carbocycles. The molecule has 0 fully saturated rings. The van der Waals surface area contributed by atoms with Crippen molar-refractivity contribution in [3.8, 4) is 39.3 Å². The third kappa shape index (κ3) is 7.93. The fraction of sp³-hybridized carbons (Fsp3) is 0. The number of nitrogens with one attached hydrogen (secondary N) is 1. The average molecular weight is 1330 g/mol. The molecule has 0 saturated carbocycles. The van der Waals surface area contributed by atoms with E-state index in [4.69, 9.17) is 12.3 Å². The molecule has 7 heteroatoms. The van der Waals surface area contributed by atoms with E-state index < -0.39 is 152 Å². The summed E-state index contributed by atoms with van der Waals surface area (Å²) in [5.41, 5.74) is 8.47. The molecule has 7 heterocycles. The lowest BCUT2D eigenvalue weighted by molar-refractivity contribution is 1.16. The summed E-state index contributed by atoms with van der Waals surface area (Å²) in [6.07, 6.45) is 0. The average Bonchev–Trinajstić information content (AvgIpc) is 1.57. The van der Waals surface area contributed by atoms with Crippen molar-refractivity contribution in [3.63, 3.8) is 0 Å². The second-order valence-electron chi connectivity index (χ2n) is 26.1. The van der Waals surface area contributed by atoms with Crippen LogP contribution in [0, 0.1) is 0 Å². The summed E-state index contributed by atoms with van der Waals surface area (Å²) in [7, 11) is 0. The topological polar surface area (TPSA) is 34.5 Å². The first-order chi connectivity index (χ1) is 61.1. The Hall–Kier alpha value is -13.6. The van der Waals surface area contributed by atoms with Crippen molar-refractivity contribution in [3.05, 3.63) is 351 Å². The van der Waals surface area contributed by atoms with Gasteiger partial charge in [-0.05, 0) is 152 Å². The molecule has 6 nitrogen and oxygen atoms in total. The lowest BCUT2D eigenvalue weighted by Gasteiger charge is -2.41. The standard InChI is InChI=1S/C96H59BN6/c1-3-24-59(25-4-1)60-46-49-63(50-47-60)101-89-57-64(99-83-41-18-13-34-72(83)73-35-14-19-42-84(73)99)51-52-80(89)97-81-56-65(100-85-43-20-15-36-74(85)75-37-16-21-44-86(75)100)55-79-78-54-62(98-82-40-17-11-28-66(82)61-26-5-2-6-27-61)48-53-88(78)103(95(79)81)91-58-90-92(96(101)93(91)97)77-39-23-38-76-70-32-10-8-30-68(70)67-29-7-9-31-69(67)71-33-12-22-45-87(71)102(90)94(76)77/h1-58,98H/i2D,5D,6D,11D,13D,14D,15D,16D,17D,18D,19D,20D,21D,26D,28D,34D,35D,36D,37D,40D,41D,42D,43D,44D. The highest BCUT2D eigenvalue weighted by atomic mass is 15.2. The lowest BCUT2D eigenvalue weighted by Crippen LogP contribution is -2.60. The SMILES string of the molecule is [2H]c1cc(-c2c([2H])c([2H])c([2H])c([2H])c2Nc2ccc3c(c2)c2cc(-n4c5c([2H])c([2H])c([2H])c([2H])c5c5c([2H])c([2H])c([2H])c([2H])c54)cc4c2n3-c2cc3c(c5c2B4c2ccc(-n4c6c([2H])c([2H])c([2H])c([2H])c6c6c([2H])c([2H])c([2H])c([2H])c64)cc2N5c2ccc(-c4ccccc4)cc2)c2cccc4c5ccccc5c5ccccc5c5ccccc5n3c42)c([2H])c([2H])c1[2H]. The van der Waals surface area contributed by atoms with E-state index in [2.05, 4.69) is 73.8 Å². The number of hydrogen-bond donors (Lipinski definition) is 1. The number of anilines is 5. The minimum absolute atomic E-state index is 0.130. The normalized spacial score (nSPS) is 15.9. The molecule has 476 valence electrons. The van der Waals surface area contributed by atoms with Crippen LogP contribution >= 0.6 is 0 Å². The van der Waals surface area contributed by atoms with Gasteiger partial charge in [-0.2, -0.15) is 0 Å². The van der Waals surface area contributed by atoms with Crippen LogP contribution in [-0.4, -0.2) is 24.8 Å². The first kappa shape index (κ1) is 38.1. The molecule has 2 aliphatic rings. The van der Waals surface area contributed by atoms with E-state index in [0.29, 0.717) is 66.5 Å². The van der Waals surface area contributed by atoms with Gasteiger partial charge in [0.2, 0.25) is 0 Å². The van der Waals surface area contributed by atoms with Crippen LogP contribution in [0.4, 0.5) is 28.4 Å². The summed E-state index contributed by atoms with van der Waals surface area (Å²) in [6, 6.07) is 52.7. The predicted molar refractivity (Wildman–Crippen MR) is 437 cm³/mol. The maximum Gasteiger partial charge on any atom is 0.252 e. The Labute approximate surface area is 626 Å². The van der Waals surface area contributed by atoms with E-state index in [1.54, 1.807) is 24.3 Å². The van der Waals surface area contributed by atoms with Crippen LogP contribution in [0.1, 0.15) is 32.9 Å². The third-order valence-electron chi connectivity index (χ3n) is 21.0. The minimum atomic E-state index is -1.01. The van der Waals surface area contributed by atoms with E-state index in [-0.39, 0.29) is 77.5 Å². The third-order valence-corrected chi connectivity index (χ3v) is 21.0.